The normalized spacial score (nSPS) is 12.2. The molecule has 0 heterocycles. The Morgan fingerprint density at radius 1 is 1.54 bits per heavy atom. The molecule has 0 aliphatic heterocycles. The molecule has 3 N–H and O–H groups in total. The van der Waals surface area contributed by atoms with E-state index in [1.165, 1.54) is 4.90 Å². The van der Waals surface area contributed by atoms with Gasteiger partial charge in [0.05, 0.1) is 13.0 Å². The summed E-state index contributed by atoms with van der Waals surface area (Å²) in [6.07, 6.45) is -0.0421. The van der Waals surface area contributed by atoms with Gasteiger partial charge in [-0.25, -0.2) is 0 Å². The lowest BCUT2D eigenvalue weighted by Gasteiger charge is -2.26. The summed E-state index contributed by atoms with van der Waals surface area (Å²) in [4.78, 5) is 23.0. The second-order valence-corrected chi connectivity index (χ2v) is 2.83. The Balaban J connectivity index is 4.22. The van der Waals surface area contributed by atoms with Gasteiger partial charge in [0.1, 0.15) is 0 Å². The van der Waals surface area contributed by atoms with Crippen LogP contribution in [0.2, 0.25) is 0 Å². The van der Waals surface area contributed by atoms with Crippen molar-refractivity contribution in [2.75, 3.05) is 13.1 Å². The number of nitrogens with zero attached hydrogens (tertiary/aromatic N) is 1. The number of hydrogen-bond acceptors (Lipinski definition) is 3. The Bertz CT molecular complexity index is 194. The number of hydrogen-bond donors (Lipinski definition) is 2. The Hall–Kier alpha value is -1.10. The minimum atomic E-state index is -0.907. The first kappa shape index (κ1) is 11.9. The van der Waals surface area contributed by atoms with Crippen molar-refractivity contribution in [3.63, 3.8) is 0 Å². The van der Waals surface area contributed by atoms with Crippen LogP contribution in [0, 0.1) is 0 Å². The van der Waals surface area contributed by atoms with Crippen LogP contribution in [-0.4, -0.2) is 41.0 Å². The van der Waals surface area contributed by atoms with Gasteiger partial charge in [-0.1, -0.05) is 0 Å². The molecule has 1 unspecified atom stereocenters. The van der Waals surface area contributed by atoms with Gasteiger partial charge in [0.15, 0.2) is 0 Å². The van der Waals surface area contributed by atoms with Crippen LogP contribution in [-0.2, 0) is 9.59 Å². The molecular weight excluding hydrogens is 172 g/mol. The summed E-state index contributed by atoms with van der Waals surface area (Å²) in [5, 5.41) is 8.51. The summed E-state index contributed by atoms with van der Waals surface area (Å²) in [5.41, 5.74) is 5.18. The topological polar surface area (TPSA) is 83.6 Å². The fraction of sp³-hybridized carbons (Fsp3) is 0.750. The highest BCUT2D eigenvalue weighted by Gasteiger charge is 2.18. The monoisotopic (exact) mass is 188 g/mol. The van der Waals surface area contributed by atoms with Gasteiger partial charge in [0, 0.05) is 12.6 Å². The van der Waals surface area contributed by atoms with Crippen LogP contribution in [0.25, 0.3) is 0 Å². The van der Waals surface area contributed by atoms with E-state index in [-0.39, 0.29) is 24.9 Å². The third-order valence-electron chi connectivity index (χ3n) is 1.84. The highest BCUT2D eigenvalue weighted by Crippen LogP contribution is 2.03. The van der Waals surface area contributed by atoms with Crippen molar-refractivity contribution in [1.82, 2.24) is 4.90 Å². The Morgan fingerprint density at radius 3 is 2.38 bits per heavy atom. The highest BCUT2D eigenvalue weighted by atomic mass is 16.4. The fourth-order valence-electron chi connectivity index (χ4n) is 1.21. The highest BCUT2D eigenvalue weighted by molar-refractivity contribution is 5.79. The van der Waals surface area contributed by atoms with Gasteiger partial charge >= 0.3 is 5.97 Å². The fourth-order valence-corrected chi connectivity index (χ4v) is 1.21. The lowest BCUT2D eigenvalue weighted by molar-refractivity contribution is -0.140. The zero-order valence-electron chi connectivity index (χ0n) is 7.99. The van der Waals surface area contributed by atoms with Crippen molar-refractivity contribution in [3.05, 3.63) is 0 Å². The van der Waals surface area contributed by atoms with E-state index >= 15 is 0 Å². The van der Waals surface area contributed by atoms with Gasteiger partial charge in [0.25, 0.3) is 0 Å². The molecule has 13 heavy (non-hydrogen) atoms. The maximum absolute atomic E-state index is 11.2. The maximum Gasteiger partial charge on any atom is 0.305 e. The van der Waals surface area contributed by atoms with Crippen molar-refractivity contribution < 1.29 is 14.7 Å². The average Bonchev–Trinajstić information content (AvgIpc) is 2.03. The average molecular weight is 188 g/mol. The van der Waals surface area contributed by atoms with Crippen LogP contribution in [0.15, 0.2) is 0 Å². The molecule has 0 aliphatic rings. The lowest BCUT2D eigenvalue weighted by Crippen LogP contribution is -2.42. The summed E-state index contributed by atoms with van der Waals surface area (Å²) >= 11 is 0. The van der Waals surface area contributed by atoms with Crippen LogP contribution >= 0.6 is 0 Å². The van der Waals surface area contributed by atoms with Gasteiger partial charge in [-0.15, -0.1) is 0 Å². The van der Waals surface area contributed by atoms with Gasteiger partial charge in [-0.05, 0) is 13.8 Å². The second kappa shape index (κ2) is 5.53. The molecule has 0 saturated heterocycles. The van der Waals surface area contributed by atoms with Gasteiger partial charge in [0.2, 0.25) is 5.91 Å². The molecule has 0 saturated carbocycles. The minimum Gasteiger partial charge on any atom is -0.481 e. The number of nitrogens with two attached hydrogens (primary N) is 1. The van der Waals surface area contributed by atoms with Gasteiger partial charge < -0.3 is 15.7 Å². The van der Waals surface area contributed by atoms with Crippen LogP contribution in [0.1, 0.15) is 20.3 Å². The molecule has 0 fully saturated rings. The molecule has 0 aliphatic carbocycles. The smallest absolute Gasteiger partial charge is 0.305 e. The molecule has 1 amide bonds. The number of carboxylic acids is 1. The number of carbonyl (C=O) groups is 2. The molecule has 0 bridgehead atoms. The van der Waals surface area contributed by atoms with Crippen LogP contribution in [0.5, 0.6) is 0 Å². The summed E-state index contributed by atoms with van der Waals surface area (Å²) in [6.45, 7) is 3.92. The molecule has 76 valence electrons. The van der Waals surface area contributed by atoms with Crippen LogP contribution in [0.3, 0.4) is 0 Å². The van der Waals surface area contributed by atoms with E-state index in [9.17, 15) is 9.59 Å². The third-order valence-corrected chi connectivity index (χ3v) is 1.84. The van der Waals surface area contributed by atoms with Crippen molar-refractivity contribution in [2.24, 2.45) is 5.73 Å². The number of likely N-dealkylation sites (N-methyl/N-ethyl adjacent to an activating group) is 1. The Labute approximate surface area is 77.5 Å². The van der Waals surface area contributed by atoms with Crippen LogP contribution < -0.4 is 5.73 Å². The molecule has 5 heteroatoms. The summed E-state index contributed by atoms with van der Waals surface area (Å²) in [5.74, 6) is -1.12. The second-order valence-electron chi connectivity index (χ2n) is 2.83. The Kier molecular flexibility index (Phi) is 5.06. The van der Waals surface area contributed by atoms with E-state index < -0.39 is 5.97 Å². The van der Waals surface area contributed by atoms with Crippen molar-refractivity contribution >= 4 is 11.9 Å². The third kappa shape index (κ3) is 3.89. The quantitative estimate of drug-likeness (QED) is 0.618. The molecular formula is C8H16N2O3. The van der Waals surface area contributed by atoms with E-state index in [2.05, 4.69) is 0 Å². The zero-order chi connectivity index (χ0) is 10.4. The molecule has 0 aromatic carbocycles. The predicted molar refractivity (Wildman–Crippen MR) is 48.2 cm³/mol. The van der Waals surface area contributed by atoms with E-state index in [0.717, 1.165) is 0 Å². The summed E-state index contributed by atoms with van der Waals surface area (Å²) in [6, 6.07) is -0.293. The minimum absolute atomic E-state index is 0.0421. The molecule has 1 atom stereocenters. The first-order chi connectivity index (χ1) is 6.02. The first-order valence-electron chi connectivity index (χ1n) is 4.24. The maximum atomic E-state index is 11.2. The van der Waals surface area contributed by atoms with Crippen LogP contribution in [0.4, 0.5) is 0 Å². The molecule has 0 spiro atoms. The van der Waals surface area contributed by atoms with E-state index in [1.807, 2.05) is 0 Å². The standard InChI is InChI=1S/C8H16N2O3/c1-3-10(7(11)5-9)6(2)4-8(12)13/h6H,3-5,9H2,1-2H3,(H,12,13). The van der Waals surface area contributed by atoms with E-state index in [4.69, 9.17) is 10.8 Å². The molecule has 0 rings (SSSR count). The van der Waals surface area contributed by atoms with E-state index in [1.54, 1.807) is 13.8 Å². The molecule has 0 radical (unpaired) electrons. The number of carboxylic acid groups (broad SMARTS) is 1. The first-order valence-corrected chi connectivity index (χ1v) is 4.24. The summed E-state index contributed by atoms with van der Waals surface area (Å²) < 4.78 is 0. The number of carbonyl (C=O) groups excluding carboxylic acids is 1. The van der Waals surface area contributed by atoms with Crippen molar-refractivity contribution in [1.29, 1.82) is 0 Å². The number of rotatable bonds is 5. The van der Waals surface area contributed by atoms with Gasteiger partial charge in [-0.3, -0.25) is 9.59 Å². The van der Waals surface area contributed by atoms with Crippen molar-refractivity contribution in [3.8, 4) is 0 Å². The predicted octanol–water partition coefficient (Wildman–Crippen LogP) is -0.343. The molecule has 5 nitrogen and oxygen atoms in total. The van der Waals surface area contributed by atoms with Crippen molar-refractivity contribution in [2.45, 2.75) is 26.3 Å². The van der Waals surface area contributed by atoms with E-state index in [0.29, 0.717) is 6.54 Å². The molecule has 0 aromatic rings. The van der Waals surface area contributed by atoms with Gasteiger partial charge in [-0.2, -0.15) is 0 Å². The zero-order valence-corrected chi connectivity index (χ0v) is 7.99. The SMILES string of the molecule is CCN(C(=O)CN)C(C)CC(=O)O. The Morgan fingerprint density at radius 2 is 2.08 bits per heavy atom. The largest absolute Gasteiger partial charge is 0.481 e. The lowest BCUT2D eigenvalue weighted by atomic mass is 10.2. The number of aliphatic carboxylic acids is 1. The number of amides is 1. The summed E-state index contributed by atoms with van der Waals surface area (Å²) in [7, 11) is 0. The molecule has 0 aromatic heterocycles.